The van der Waals surface area contributed by atoms with Gasteiger partial charge in [0.05, 0.1) is 5.69 Å². The van der Waals surface area contributed by atoms with Crippen LogP contribution in [-0.4, -0.2) is 14.8 Å². The minimum atomic E-state index is 0.723. The molecule has 76 valence electrons. The summed E-state index contributed by atoms with van der Waals surface area (Å²) in [5, 5.41) is 5.21. The van der Waals surface area contributed by atoms with Gasteiger partial charge < -0.3 is 0 Å². The zero-order valence-corrected chi connectivity index (χ0v) is 8.91. The van der Waals surface area contributed by atoms with Crippen molar-refractivity contribution in [1.82, 2.24) is 14.8 Å². The van der Waals surface area contributed by atoms with E-state index in [2.05, 4.69) is 10.1 Å². The molecule has 0 unspecified atom stereocenters. The van der Waals surface area contributed by atoms with Crippen LogP contribution in [0.5, 0.6) is 0 Å². The molecule has 0 amide bonds. The number of hydrogen-bond donors (Lipinski definition) is 0. The summed E-state index contributed by atoms with van der Waals surface area (Å²) in [7, 11) is 0. The van der Waals surface area contributed by atoms with Crippen LogP contribution in [0.1, 0.15) is 17.7 Å². The number of nitrogens with zero attached hydrogens (tertiary/aromatic N) is 3. The highest BCUT2D eigenvalue weighted by Crippen LogP contribution is 2.29. The first-order chi connectivity index (χ1) is 7.36. The molecule has 4 heteroatoms. The second-order valence-electron chi connectivity index (χ2n) is 3.67. The van der Waals surface area contributed by atoms with Crippen LogP contribution in [0.25, 0.3) is 5.82 Å². The van der Waals surface area contributed by atoms with E-state index in [1.54, 1.807) is 10.9 Å². The molecular weight excluding hydrogens is 210 g/mol. The van der Waals surface area contributed by atoms with Gasteiger partial charge in [-0.1, -0.05) is 17.7 Å². The molecule has 0 radical (unpaired) electrons. The standard InChI is InChI=1S/C11H10ClN3/c12-11-8-4-3-5-9(8)14-15(11)10-6-1-2-7-13-10/h1-2,6-7H,3-5H2. The number of aromatic nitrogens is 3. The van der Waals surface area contributed by atoms with Crippen LogP contribution in [0, 0.1) is 0 Å². The molecule has 0 bridgehead atoms. The summed E-state index contributed by atoms with van der Waals surface area (Å²) in [6.45, 7) is 0. The average Bonchev–Trinajstić information content (AvgIpc) is 2.83. The van der Waals surface area contributed by atoms with Crippen LogP contribution in [0.15, 0.2) is 24.4 Å². The molecule has 0 saturated heterocycles. The lowest BCUT2D eigenvalue weighted by molar-refractivity contribution is 0.785. The Morgan fingerprint density at radius 1 is 1.27 bits per heavy atom. The molecule has 0 N–H and O–H groups in total. The van der Waals surface area contributed by atoms with Crippen molar-refractivity contribution in [3.8, 4) is 5.82 Å². The monoisotopic (exact) mass is 219 g/mol. The predicted molar refractivity (Wildman–Crippen MR) is 58.4 cm³/mol. The fourth-order valence-corrected chi connectivity index (χ4v) is 2.31. The van der Waals surface area contributed by atoms with Crippen molar-refractivity contribution < 1.29 is 0 Å². The van der Waals surface area contributed by atoms with Gasteiger partial charge in [0, 0.05) is 11.8 Å². The molecule has 3 rings (SSSR count). The highest BCUT2D eigenvalue weighted by atomic mass is 35.5. The lowest BCUT2D eigenvalue weighted by Gasteiger charge is -2.01. The molecule has 2 aromatic heterocycles. The second-order valence-corrected chi connectivity index (χ2v) is 4.03. The van der Waals surface area contributed by atoms with Crippen molar-refractivity contribution in [2.45, 2.75) is 19.3 Å². The van der Waals surface area contributed by atoms with E-state index < -0.39 is 0 Å². The molecule has 2 aromatic rings. The summed E-state index contributed by atoms with van der Waals surface area (Å²) in [4.78, 5) is 4.24. The molecule has 0 spiro atoms. The molecule has 2 heterocycles. The quantitative estimate of drug-likeness (QED) is 0.738. The van der Waals surface area contributed by atoms with E-state index in [4.69, 9.17) is 11.6 Å². The molecule has 0 atom stereocenters. The minimum Gasteiger partial charge on any atom is -0.237 e. The fraction of sp³-hybridized carbons (Fsp3) is 0.273. The maximum Gasteiger partial charge on any atom is 0.155 e. The van der Waals surface area contributed by atoms with Gasteiger partial charge in [-0.15, -0.1) is 0 Å². The molecule has 0 aromatic carbocycles. The number of hydrogen-bond acceptors (Lipinski definition) is 2. The molecule has 15 heavy (non-hydrogen) atoms. The van der Waals surface area contributed by atoms with E-state index in [-0.39, 0.29) is 0 Å². The average molecular weight is 220 g/mol. The maximum absolute atomic E-state index is 6.26. The minimum absolute atomic E-state index is 0.723. The summed E-state index contributed by atoms with van der Waals surface area (Å²) < 4.78 is 1.73. The Hall–Kier alpha value is -1.35. The third kappa shape index (κ3) is 1.35. The van der Waals surface area contributed by atoms with Crippen LogP contribution >= 0.6 is 11.6 Å². The SMILES string of the molecule is Clc1c2c(nn1-c1ccccn1)CCC2. The number of rotatable bonds is 1. The van der Waals surface area contributed by atoms with Crippen molar-refractivity contribution in [3.05, 3.63) is 40.8 Å². The van der Waals surface area contributed by atoms with Crippen molar-refractivity contribution in [1.29, 1.82) is 0 Å². The summed E-state index contributed by atoms with van der Waals surface area (Å²) in [5.41, 5.74) is 2.33. The third-order valence-electron chi connectivity index (χ3n) is 2.71. The van der Waals surface area contributed by atoms with Crippen LogP contribution in [-0.2, 0) is 12.8 Å². The van der Waals surface area contributed by atoms with Crippen molar-refractivity contribution in [3.63, 3.8) is 0 Å². The third-order valence-corrected chi connectivity index (χ3v) is 3.10. The van der Waals surface area contributed by atoms with Crippen LogP contribution in [0.2, 0.25) is 5.15 Å². The number of fused-ring (bicyclic) bond motifs is 1. The van der Waals surface area contributed by atoms with Crippen LogP contribution in [0.4, 0.5) is 0 Å². The number of halogens is 1. The van der Waals surface area contributed by atoms with Gasteiger partial charge in [0.15, 0.2) is 5.82 Å². The predicted octanol–water partition coefficient (Wildman–Crippen LogP) is 2.41. The van der Waals surface area contributed by atoms with Gasteiger partial charge in [0.25, 0.3) is 0 Å². The van der Waals surface area contributed by atoms with Crippen molar-refractivity contribution >= 4 is 11.6 Å². The topological polar surface area (TPSA) is 30.7 Å². The highest BCUT2D eigenvalue weighted by molar-refractivity contribution is 6.30. The Morgan fingerprint density at radius 3 is 2.93 bits per heavy atom. The van der Waals surface area contributed by atoms with E-state index in [0.717, 1.165) is 29.5 Å². The lowest BCUT2D eigenvalue weighted by Crippen LogP contribution is -2.00. The molecule has 0 aliphatic heterocycles. The van der Waals surface area contributed by atoms with Crippen LogP contribution < -0.4 is 0 Å². The van der Waals surface area contributed by atoms with Gasteiger partial charge in [0.2, 0.25) is 0 Å². The van der Waals surface area contributed by atoms with Crippen LogP contribution in [0.3, 0.4) is 0 Å². The summed E-state index contributed by atoms with van der Waals surface area (Å²) in [6, 6.07) is 5.73. The summed E-state index contributed by atoms with van der Waals surface area (Å²) in [6.07, 6.45) is 4.99. The van der Waals surface area contributed by atoms with E-state index in [9.17, 15) is 0 Å². The molecule has 0 saturated carbocycles. The Balaban J connectivity index is 2.14. The summed E-state index contributed by atoms with van der Waals surface area (Å²) in [5.74, 6) is 0.789. The molecule has 1 aliphatic rings. The first-order valence-corrected chi connectivity index (χ1v) is 5.42. The fourth-order valence-electron chi connectivity index (χ4n) is 1.98. The highest BCUT2D eigenvalue weighted by Gasteiger charge is 2.21. The van der Waals surface area contributed by atoms with E-state index >= 15 is 0 Å². The number of pyridine rings is 1. The Labute approximate surface area is 92.7 Å². The second kappa shape index (κ2) is 3.35. The molecular formula is C11H10ClN3. The Kier molecular flexibility index (Phi) is 1.99. The van der Waals surface area contributed by atoms with E-state index in [0.29, 0.717) is 0 Å². The summed E-state index contributed by atoms with van der Waals surface area (Å²) >= 11 is 6.26. The Bertz CT molecular complexity index is 490. The van der Waals surface area contributed by atoms with Crippen molar-refractivity contribution in [2.75, 3.05) is 0 Å². The van der Waals surface area contributed by atoms with Crippen molar-refractivity contribution in [2.24, 2.45) is 0 Å². The molecule has 1 aliphatic carbocycles. The van der Waals surface area contributed by atoms with Gasteiger partial charge in [0.1, 0.15) is 5.15 Å². The molecule has 0 fully saturated rings. The van der Waals surface area contributed by atoms with E-state index in [1.807, 2.05) is 18.2 Å². The number of aryl methyl sites for hydroxylation is 1. The van der Waals surface area contributed by atoms with Gasteiger partial charge in [-0.2, -0.15) is 5.10 Å². The first-order valence-electron chi connectivity index (χ1n) is 5.04. The lowest BCUT2D eigenvalue weighted by atomic mass is 10.3. The largest absolute Gasteiger partial charge is 0.237 e. The first kappa shape index (κ1) is 8.92. The van der Waals surface area contributed by atoms with Gasteiger partial charge in [-0.3, -0.25) is 0 Å². The van der Waals surface area contributed by atoms with Gasteiger partial charge in [-0.25, -0.2) is 9.67 Å². The Morgan fingerprint density at radius 2 is 2.20 bits per heavy atom. The normalized spacial score (nSPS) is 14.2. The van der Waals surface area contributed by atoms with E-state index in [1.165, 1.54) is 12.0 Å². The maximum atomic E-state index is 6.26. The zero-order chi connectivity index (χ0) is 10.3. The van der Waals surface area contributed by atoms with Gasteiger partial charge in [-0.05, 0) is 31.4 Å². The molecule has 3 nitrogen and oxygen atoms in total. The smallest absolute Gasteiger partial charge is 0.155 e. The zero-order valence-electron chi connectivity index (χ0n) is 8.15. The van der Waals surface area contributed by atoms with Gasteiger partial charge >= 0.3 is 0 Å².